The van der Waals surface area contributed by atoms with Gasteiger partial charge >= 0.3 is 6.18 Å². The van der Waals surface area contributed by atoms with Crippen LogP contribution in [0.4, 0.5) is 24.8 Å². The number of nitrogens with one attached hydrogen (secondary N) is 3. The molecule has 0 aliphatic carbocycles. The molecule has 0 spiro atoms. The van der Waals surface area contributed by atoms with E-state index in [4.69, 9.17) is 4.74 Å². The number of anilines is 2. The summed E-state index contributed by atoms with van der Waals surface area (Å²) >= 11 is 0. The van der Waals surface area contributed by atoms with Gasteiger partial charge in [-0.3, -0.25) is 19.5 Å². The van der Waals surface area contributed by atoms with Gasteiger partial charge in [-0.2, -0.15) is 13.2 Å². The third-order valence-corrected chi connectivity index (χ3v) is 4.68. The molecule has 30 heavy (non-hydrogen) atoms. The molecule has 1 saturated heterocycles. The normalized spacial score (nSPS) is 15.6. The molecule has 3 rings (SSSR count). The second-order valence-electron chi connectivity index (χ2n) is 6.95. The number of piperidine rings is 1. The first-order valence-corrected chi connectivity index (χ1v) is 9.34. The van der Waals surface area contributed by atoms with Crippen LogP contribution in [-0.4, -0.2) is 53.6 Å². The molecule has 1 amide bonds. The van der Waals surface area contributed by atoms with Crippen molar-refractivity contribution in [1.82, 2.24) is 14.9 Å². The number of methoxy groups -OCH3 is 1. The van der Waals surface area contributed by atoms with Crippen LogP contribution in [0.25, 0.3) is 0 Å². The Bertz CT molecular complexity index is 939. The van der Waals surface area contributed by atoms with Crippen molar-refractivity contribution in [2.24, 2.45) is 0 Å². The highest BCUT2D eigenvalue weighted by atomic mass is 19.4. The summed E-state index contributed by atoms with van der Waals surface area (Å²) in [6.45, 7) is 1.35. The molecule has 1 aromatic carbocycles. The predicted octanol–water partition coefficient (Wildman–Crippen LogP) is 2.31. The Balaban J connectivity index is 1.50. The van der Waals surface area contributed by atoms with E-state index in [1.54, 1.807) is 31.4 Å². The lowest BCUT2D eigenvalue weighted by Gasteiger charge is -2.32. The number of halogens is 3. The van der Waals surface area contributed by atoms with Gasteiger partial charge in [0.25, 0.3) is 5.56 Å². The maximum atomic E-state index is 12.8. The largest absolute Gasteiger partial charge is 0.497 e. The maximum Gasteiger partial charge on any atom is 0.433 e. The van der Waals surface area contributed by atoms with E-state index in [0.29, 0.717) is 43.4 Å². The van der Waals surface area contributed by atoms with Crippen LogP contribution in [0.3, 0.4) is 0 Å². The number of hydrogen-bond acceptors (Lipinski definition) is 6. The topological polar surface area (TPSA) is 99.3 Å². The summed E-state index contributed by atoms with van der Waals surface area (Å²) in [7, 11) is 1.55. The quantitative estimate of drug-likeness (QED) is 0.657. The van der Waals surface area contributed by atoms with Crippen LogP contribution >= 0.6 is 0 Å². The third kappa shape index (κ3) is 5.96. The Morgan fingerprint density at radius 2 is 2.03 bits per heavy atom. The van der Waals surface area contributed by atoms with Gasteiger partial charge in [-0.1, -0.05) is 6.07 Å². The zero-order valence-corrected chi connectivity index (χ0v) is 16.3. The molecule has 1 fully saturated rings. The zero-order chi connectivity index (χ0) is 21.7. The molecule has 0 unspecified atom stereocenters. The van der Waals surface area contributed by atoms with Crippen molar-refractivity contribution in [1.29, 1.82) is 0 Å². The van der Waals surface area contributed by atoms with Crippen molar-refractivity contribution in [3.05, 3.63) is 46.4 Å². The average Bonchev–Trinajstić information content (AvgIpc) is 2.68. The Hall–Kier alpha value is -3.08. The Morgan fingerprint density at radius 3 is 2.70 bits per heavy atom. The van der Waals surface area contributed by atoms with Crippen molar-refractivity contribution in [3.63, 3.8) is 0 Å². The number of hydrogen-bond donors (Lipinski definition) is 3. The number of H-pyrrole nitrogens is 1. The first-order valence-electron chi connectivity index (χ1n) is 9.34. The standard InChI is InChI=1S/C19H22F3N5O3/c1-30-14-4-2-3-13(9-14)23-17(29)11-27-7-5-12(6-8-27)24-18-25-15(19(20,21)22)10-16(28)26-18/h2-4,9-10,12H,5-8,11H2,1H3,(H,23,29)(H2,24,25,26,28). The molecule has 0 bridgehead atoms. The van der Waals surface area contributed by atoms with E-state index in [1.807, 2.05) is 4.90 Å². The molecule has 0 atom stereocenters. The lowest BCUT2D eigenvalue weighted by molar-refractivity contribution is -0.141. The number of alkyl halides is 3. The minimum Gasteiger partial charge on any atom is -0.497 e. The smallest absolute Gasteiger partial charge is 0.433 e. The van der Waals surface area contributed by atoms with Gasteiger partial charge in [0.05, 0.1) is 13.7 Å². The lowest BCUT2D eigenvalue weighted by Crippen LogP contribution is -2.43. The van der Waals surface area contributed by atoms with E-state index < -0.39 is 17.4 Å². The molecule has 1 aliphatic rings. The highest BCUT2D eigenvalue weighted by Crippen LogP contribution is 2.27. The summed E-state index contributed by atoms with van der Waals surface area (Å²) in [4.78, 5) is 31.4. The van der Waals surface area contributed by atoms with Crippen molar-refractivity contribution in [2.45, 2.75) is 25.1 Å². The van der Waals surface area contributed by atoms with Crippen molar-refractivity contribution < 1.29 is 22.7 Å². The average molecular weight is 425 g/mol. The summed E-state index contributed by atoms with van der Waals surface area (Å²) in [6.07, 6.45) is -3.51. The van der Waals surface area contributed by atoms with Gasteiger partial charge in [0.2, 0.25) is 11.9 Å². The van der Waals surface area contributed by atoms with Crippen molar-refractivity contribution in [2.75, 3.05) is 37.4 Å². The minimum absolute atomic E-state index is 0.158. The lowest BCUT2D eigenvalue weighted by atomic mass is 10.1. The summed E-state index contributed by atoms with van der Waals surface area (Å²) in [5.41, 5.74) is -1.47. The van der Waals surface area contributed by atoms with Gasteiger partial charge in [0, 0.05) is 37.0 Å². The molecular weight excluding hydrogens is 403 g/mol. The van der Waals surface area contributed by atoms with Gasteiger partial charge in [-0.05, 0) is 25.0 Å². The van der Waals surface area contributed by atoms with Gasteiger partial charge in [0.15, 0.2) is 5.69 Å². The highest BCUT2D eigenvalue weighted by molar-refractivity contribution is 5.92. The van der Waals surface area contributed by atoms with Crippen LogP contribution in [0, 0.1) is 0 Å². The molecule has 162 valence electrons. The monoisotopic (exact) mass is 425 g/mol. The molecule has 11 heteroatoms. The van der Waals surface area contributed by atoms with Gasteiger partial charge in [-0.15, -0.1) is 0 Å². The molecule has 1 aliphatic heterocycles. The number of aromatic nitrogens is 2. The van der Waals surface area contributed by atoms with E-state index in [0.717, 1.165) is 0 Å². The number of carbonyl (C=O) groups excluding carboxylic acids is 1. The molecule has 8 nitrogen and oxygen atoms in total. The van der Waals surface area contributed by atoms with E-state index in [-0.39, 0.29) is 24.4 Å². The fourth-order valence-electron chi connectivity index (χ4n) is 3.20. The van der Waals surface area contributed by atoms with Crippen LogP contribution < -0.4 is 20.9 Å². The van der Waals surface area contributed by atoms with Crippen LogP contribution in [0.2, 0.25) is 0 Å². The number of likely N-dealkylation sites (tertiary alicyclic amines) is 1. The SMILES string of the molecule is COc1cccc(NC(=O)CN2CCC(Nc3nc(C(F)(F)F)cc(=O)[nH]3)CC2)c1. The van der Waals surface area contributed by atoms with Crippen molar-refractivity contribution >= 4 is 17.5 Å². The van der Waals surface area contributed by atoms with Crippen LogP contribution in [0.15, 0.2) is 35.1 Å². The van der Waals surface area contributed by atoms with E-state index >= 15 is 0 Å². The van der Waals surface area contributed by atoms with Gasteiger partial charge < -0.3 is 15.4 Å². The fourth-order valence-corrected chi connectivity index (χ4v) is 3.20. The Labute approximate surface area is 170 Å². The number of aromatic amines is 1. The number of amides is 1. The van der Waals surface area contributed by atoms with Crippen molar-refractivity contribution in [3.8, 4) is 5.75 Å². The molecule has 2 heterocycles. The Morgan fingerprint density at radius 1 is 1.30 bits per heavy atom. The molecule has 1 aromatic heterocycles. The summed E-state index contributed by atoms with van der Waals surface area (Å²) in [5, 5.41) is 5.66. The number of carbonyl (C=O) groups is 1. The number of benzene rings is 1. The first kappa shape index (κ1) is 21.6. The summed E-state index contributed by atoms with van der Waals surface area (Å²) in [5.74, 6) is 0.267. The van der Waals surface area contributed by atoms with Crippen LogP contribution in [0.1, 0.15) is 18.5 Å². The van der Waals surface area contributed by atoms with E-state index in [9.17, 15) is 22.8 Å². The van der Waals surface area contributed by atoms with Crippen LogP contribution in [0.5, 0.6) is 5.75 Å². The minimum atomic E-state index is -4.69. The number of rotatable bonds is 6. The maximum absolute atomic E-state index is 12.8. The molecule has 0 saturated carbocycles. The predicted molar refractivity (Wildman–Crippen MR) is 105 cm³/mol. The first-order chi connectivity index (χ1) is 14.2. The molecule has 3 N–H and O–H groups in total. The second-order valence-corrected chi connectivity index (χ2v) is 6.95. The number of nitrogens with zero attached hydrogens (tertiary/aromatic N) is 2. The van der Waals surface area contributed by atoms with E-state index in [2.05, 4.69) is 20.6 Å². The van der Waals surface area contributed by atoms with Crippen LogP contribution in [-0.2, 0) is 11.0 Å². The molecule has 0 radical (unpaired) electrons. The fraction of sp³-hybridized carbons (Fsp3) is 0.421. The van der Waals surface area contributed by atoms with E-state index in [1.165, 1.54) is 0 Å². The summed E-state index contributed by atoms with van der Waals surface area (Å²) in [6, 6.07) is 7.30. The van der Waals surface area contributed by atoms with Gasteiger partial charge in [-0.25, -0.2) is 4.98 Å². The highest BCUT2D eigenvalue weighted by Gasteiger charge is 2.33. The van der Waals surface area contributed by atoms with Gasteiger partial charge in [0.1, 0.15) is 5.75 Å². The third-order valence-electron chi connectivity index (χ3n) is 4.68. The summed E-state index contributed by atoms with van der Waals surface area (Å²) < 4.78 is 43.5. The number of ether oxygens (including phenoxy) is 1. The zero-order valence-electron chi connectivity index (χ0n) is 16.3. The molecular formula is C19H22F3N5O3. The Kier molecular flexibility index (Phi) is 6.60. The molecule has 2 aromatic rings. The second kappa shape index (κ2) is 9.16.